The Morgan fingerprint density at radius 1 is 0.912 bits per heavy atom. The van der Waals surface area contributed by atoms with E-state index in [2.05, 4.69) is 19.4 Å². The van der Waals surface area contributed by atoms with E-state index in [9.17, 15) is 48.7 Å². The van der Waals surface area contributed by atoms with Crippen molar-refractivity contribution < 1.29 is 58.2 Å². The van der Waals surface area contributed by atoms with E-state index in [-0.39, 0.29) is 5.69 Å². The van der Waals surface area contributed by atoms with E-state index in [1.165, 1.54) is 0 Å². The number of aromatic nitrogens is 2. The lowest BCUT2D eigenvalue weighted by atomic mass is 10.2. The topological polar surface area (TPSA) is 76.6 Å². The van der Waals surface area contributed by atoms with Gasteiger partial charge in [-0.2, -0.15) is 49.5 Å². The smallest absolute Gasteiger partial charge is 0.422 e. The van der Waals surface area contributed by atoms with Crippen LogP contribution >= 0.6 is 0 Å². The van der Waals surface area contributed by atoms with E-state index >= 15 is 0 Å². The van der Waals surface area contributed by atoms with Gasteiger partial charge < -0.3 is 9.47 Å². The van der Waals surface area contributed by atoms with E-state index in [1.54, 1.807) is 0 Å². The van der Waals surface area contributed by atoms with Crippen molar-refractivity contribution in [3.05, 3.63) is 35.6 Å². The first kappa shape index (κ1) is 26.7. The van der Waals surface area contributed by atoms with Crippen LogP contribution in [0.5, 0.6) is 11.8 Å². The van der Waals surface area contributed by atoms with Crippen molar-refractivity contribution in [1.82, 2.24) is 9.97 Å². The van der Waals surface area contributed by atoms with E-state index in [4.69, 9.17) is 0 Å². The second-order valence-electron chi connectivity index (χ2n) is 6.33. The van der Waals surface area contributed by atoms with Crippen molar-refractivity contribution in [3.8, 4) is 11.8 Å². The van der Waals surface area contributed by atoms with Crippen LogP contribution in [0.1, 0.15) is 5.56 Å². The molecule has 0 fully saturated rings. The van der Waals surface area contributed by atoms with Gasteiger partial charge in [-0.1, -0.05) is 0 Å². The van der Waals surface area contributed by atoms with Crippen LogP contribution in [-0.2, 0) is 6.18 Å². The zero-order valence-corrected chi connectivity index (χ0v) is 16.6. The Labute approximate surface area is 183 Å². The molecule has 0 aliphatic heterocycles. The fourth-order valence-electron chi connectivity index (χ4n) is 2.16. The van der Waals surface area contributed by atoms with Gasteiger partial charge in [0.25, 0.3) is 0 Å². The summed E-state index contributed by atoms with van der Waals surface area (Å²) in [7, 11) is 0.975. The Bertz CT molecular complexity index is 988. The SMILES string of the molecule is CN(C(=O)Nc1nc(OCC(F)(F)F)cc(OCC(F)(F)F)n1)c1ccc(C(F)(F)F)c(F)c1. The molecule has 0 radical (unpaired) electrons. The zero-order chi connectivity index (χ0) is 25.9. The maximum absolute atomic E-state index is 13.7. The lowest BCUT2D eigenvalue weighted by Crippen LogP contribution is -2.32. The highest BCUT2D eigenvalue weighted by Crippen LogP contribution is 2.33. The van der Waals surface area contributed by atoms with Crippen LogP contribution < -0.4 is 19.7 Å². The molecule has 17 heteroatoms. The number of urea groups is 1. The molecule has 0 aliphatic carbocycles. The number of halogens is 10. The van der Waals surface area contributed by atoms with Gasteiger partial charge in [-0.15, -0.1) is 0 Å². The largest absolute Gasteiger partial charge is 0.468 e. The number of rotatable bonds is 6. The van der Waals surface area contributed by atoms with Crippen LogP contribution in [0.25, 0.3) is 0 Å². The average Bonchev–Trinajstić information content (AvgIpc) is 2.68. The van der Waals surface area contributed by atoms with Gasteiger partial charge >= 0.3 is 24.6 Å². The second-order valence-corrected chi connectivity index (χ2v) is 6.33. The molecule has 0 saturated heterocycles. The summed E-state index contributed by atoms with van der Waals surface area (Å²) in [5, 5.41) is 1.88. The Morgan fingerprint density at radius 2 is 1.41 bits per heavy atom. The predicted molar refractivity (Wildman–Crippen MR) is 94.0 cm³/mol. The molecule has 2 aromatic rings. The van der Waals surface area contributed by atoms with Crippen molar-refractivity contribution in [3.63, 3.8) is 0 Å². The first-order valence-corrected chi connectivity index (χ1v) is 8.64. The fourth-order valence-corrected chi connectivity index (χ4v) is 2.16. The number of hydrogen-bond donors (Lipinski definition) is 1. The van der Waals surface area contributed by atoms with Crippen LogP contribution in [0.4, 0.5) is 60.3 Å². The summed E-state index contributed by atoms with van der Waals surface area (Å²) in [5.41, 5.74) is -1.99. The number of nitrogens with one attached hydrogen (secondary N) is 1. The summed E-state index contributed by atoms with van der Waals surface area (Å²) in [6, 6.07) is 0.743. The van der Waals surface area contributed by atoms with Crippen LogP contribution in [-0.4, -0.2) is 48.6 Å². The standard InChI is InChI=1S/C17H12F10N4O3/c1-31(8-2-3-9(10(18)4-8)17(25,26)27)14(32)30-13-28-11(33-6-15(19,20)21)5-12(29-13)34-7-16(22,23)24/h2-5H,6-7H2,1H3,(H,28,29,30,32). The number of carbonyl (C=O) groups excluding carboxylic acids is 1. The quantitative estimate of drug-likeness (QED) is 0.542. The molecule has 0 atom stereocenters. The van der Waals surface area contributed by atoms with Crippen LogP contribution in [0, 0.1) is 5.82 Å². The predicted octanol–water partition coefficient (Wildman–Crippen LogP) is 5.19. The molecule has 1 heterocycles. The van der Waals surface area contributed by atoms with Crippen molar-refractivity contribution in [2.24, 2.45) is 0 Å². The van der Waals surface area contributed by atoms with Crippen LogP contribution in [0.3, 0.4) is 0 Å². The first-order chi connectivity index (χ1) is 15.4. The minimum absolute atomic E-state index is 0.361. The number of ether oxygens (including phenoxy) is 2. The molecule has 188 valence electrons. The molecule has 2 amide bonds. The molecule has 1 N–H and O–H groups in total. The third kappa shape index (κ3) is 8.11. The lowest BCUT2D eigenvalue weighted by molar-refractivity contribution is -0.154. The highest BCUT2D eigenvalue weighted by molar-refractivity contribution is 6.00. The second kappa shape index (κ2) is 9.76. The summed E-state index contributed by atoms with van der Waals surface area (Å²) >= 11 is 0. The van der Waals surface area contributed by atoms with Crippen molar-refractivity contribution in [2.75, 3.05) is 30.5 Å². The molecule has 0 saturated carbocycles. The summed E-state index contributed by atoms with van der Waals surface area (Å²) in [6.45, 7) is -3.78. The number of anilines is 2. The number of carbonyl (C=O) groups is 1. The molecule has 7 nitrogen and oxygen atoms in total. The maximum Gasteiger partial charge on any atom is 0.422 e. The number of nitrogens with zero attached hydrogens (tertiary/aromatic N) is 3. The minimum Gasteiger partial charge on any atom is -0.468 e. The number of hydrogen-bond acceptors (Lipinski definition) is 5. The molecule has 0 bridgehead atoms. The molecule has 2 rings (SSSR count). The molecule has 1 aromatic heterocycles. The van der Waals surface area contributed by atoms with E-state index in [0.717, 1.165) is 13.1 Å². The molecule has 1 aromatic carbocycles. The number of amides is 2. The summed E-state index contributed by atoms with van der Waals surface area (Å²) in [6.07, 6.45) is -14.7. The third-order valence-corrected chi connectivity index (χ3v) is 3.62. The van der Waals surface area contributed by atoms with Crippen LogP contribution in [0.2, 0.25) is 0 Å². The molecule has 34 heavy (non-hydrogen) atoms. The Kier molecular flexibility index (Phi) is 7.67. The van der Waals surface area contributed by atoms with Gasteiger partial charge in [0.05, 0.1) is 11.6 Å². The first-order valence-electron chi connectivity index (χ1n) is 8.64. The van der Waals surface area contributed by atoms with Gasteiger partial charge in [0, 0.05) is 12.7 Å². The zero-order valence-electron chi connectivity index (χ0n) is 16.6. The van der Waals surface area contributed by atoms with E-state index in [1.807, 2.05) is 5.32 Å². The Hall–Kier alpha value is -3.53. The highest BCUT2D eigenvalue weighted by atomic mass is 19.4. The van der Waals surface area contributed by atoms with Crippen molar-refractivity contribution in [1.29, 1.82) is 0 Å². The van der Waals surface area contributed by atoms with Gasteiger partial charge in [0.2, 0.25) is 17.7 Å². The third-order valence-electron chi connectivity index (χ3n) is 3.62. The highest BCUT2D eigenvalue weighted by Gasteiger charge is 2.34. The molecular weight excluding hydrogens is 498 g/mol. The normalized spacial score (nSPS) is 12.3. The molecule has 0 spiro atoms. The van der Waals surface area contributed by atoms with Gasteiger partial charge in [0.15, 0.2) is 13.2 Å². The lowest BCUT2D eigenvalue weighted by Gasteiger charge is -2.19. The molecular formula is C17H12F10N4O3. The van der Waals surface area contributed by atoms with Gasteiger partial charge in [-0.05, 0) is 18.2 Å². The number of alkyl halides is 9. The summed E-state index contributed by atoms with van der Waals surface area (Å²) < 4.78 is 135. The van der Waals surface area contributed by atoms with Gasteiger partial charge in [-0.3, -0.25) is 10.2 Å². The van der Waals surface area contributed by atoms with Gasteiger partial charge in [-0.25, -0.2) is 9.18 Å². The summed E-state index contributed by atoms with van der Waals surface area (Å²) in [5.74, 6) is -4.40. The number of benzene rings is 1. The van der Waals surface area contributed by atoms with Crippen molar-refractivity contribution in [2.45, 2.75) is 18.5 Å². The average molecular weight is 510 g/mol. The Morgan fingerprint density at radius 3 is 1.82 bits per heavy atom. The van der Waals surface area contributed by atoms with E-state index in [0.29, 0.717) is 23.1 Å². The fraction of sp³-hybridized carbons (Fsp3) is 0.353. The molecule has 0 unspecified atom stereocenters. The van der Waals surface area contributed by atoms with Crippen LogP contribution in [0.15, 0.2) is 24.3 Å². The maximum atomic E-state index is 13.7. The summed E-state index contributed by atoms with van der Waals surface area (Å²) in [4.78, 5) is 19.7. The van der Waals surface area contributed by atoms with Crippen molar-refractivity contribution >= 4 is 17.7 Å². The monoisotopic (exact) mass is 510 g/mol. The molecule has 0 aliphatic rings. The minimum atomic E-state index is -5.00. The Balaban J connectivity index is 2.25. The van der Waals surface area contributed by atoms with Gasteiger partial charge in [0.1, 0.15) is 5.82 Å². The van der Waals surface area contributed by atoms with E-state index < -0.39 is 66.9 Å².